The summed E-state index contributed by atoms with van der Waals surface area (Å²) in [5, 5.41) is 42.8. The monoisotopic (exact) mass is 594 g/mol. The molecule has 3 aromatic carbocycles. The van der Waals surface area contributed by atoms with E-state index in [4.69, 9.17) is 30.3 Å². The topological polar surface area (TPSA) is 213 Å². The SMILES string of the molecule is CC(C)(C)C1(OC(=O)c2ccc(C(=O)O)cc2)CC1.O=C(O)c1cccc(C(=O)O)c1.O=C(O)c1cccc(C(=O)O)c1. The average molecular weight is 595 g/mol. The fourth-order valence-electron chi connectivity index (χ4n) is 3.67. The Balaban J connectivity index is 0.000000236. The van der Waals surface area contributed by atoms with Gasteiger partial charge in [0.1, 0.15) is 5.60 Å². The molecule has 1 aliphatic carbocycles. The summed E-state index contributed by atoms with van der Waals surface area (Å²) in [5.74, 6) is -5.90. The maximum atomic E-state index is 12.1. The van der Waals surface area contributed by atoms with Gasteiger partial charge < -0.3 is 30.3 Å². The number of carboxylic acids is 5. The van der Waals surface area contributed by atoms with E-state index >= 15 is 0 Å². The van der Waals surface area contributed by atoms with Crippen LogP contribution in [0.15, 0.2) is 72.8 Å². The maximum absolute atomic E-state index is 12.1. The van der Waals surface area contributed by atoms with Crippen LogP contribution < -0.4 is 0 Å². The first-order valence-corrected chi connectivity index (χ1v) is 12.7. The maximum Gasteiger partial charge on any atom is 0.338 e. The molecule has 0 radical (unpaired) electrons. The van der Waals surface area contributed by atoms with E-state index in [2.05, 4.69) is 20.8 Å². The van der Waals surface area contributed by atoms with Gasteiger partial charge in [0, 0.05) is 5.41 Å². The summed E-state index contributed by atoms with van der Waals surface area (Å²) in [7, 11) is 0. The fourth-order valence-corrected chi connectivity index (χ4v) is 3.67. The second-order valence-electron chi connectivity index (χ2n) is 10.4. The van der Waals surface area contributed by atoms with Crippen LogP contribution in [0.2, 0.25) is 0 Å². The predicted molar refractivity (Wildman–Crippen MR) is 151 cm³/mol. The van der Waals surface area contributed by atoms with E-state index in [1.165, 1.54) is 60.7 Å². The number of carbonyl (C=O) groups excluding carboxylic acids is 1. The number of carbonyl (C=O) groups is 6. The third kappa shape index (κ3) is 9.52. The summed E-state index contributed by atoms with van der Waals surface area (Å²) in [6.45, 7) is 6.17. The van der Waals surface area contributed by atoms with Crippen molar-refractivity contribution in [1.29, 1.82) is 0 Å². The van der Waals surface area contributed by atoms with Crippen molar-refractivity contribution >= 4 is 35.8 Å². The lowest BCUT2D eigenvalue weighted by Crippen LogP contribution is -2.33. The van der Waals surface area contributed by atoms with Gasteiger partial charge in [0.2, 0.25) is 0 Å². The van der Waals surface area contributed by atoms with Gasteiger partial charge in [-0.2, -0.15) is 0 Å². The highest BCUT2D eigenvalue weighted by molar-refractivity contribution is 5.94. The predicted octanol–water partition coefficient (Wildman–Crippen LogP) is 5.29. The van der Waals surface area contributed by atoms with Crippen molar-refractivity contribution in [3.63, 3.8) is 0 Å². The molecule has 12 heteroatoms. The minimum atomic E-state index is -1.13. The smallest absolute Gasteiger partial charge is 0.338 e. The average Bonchev–Trinajstić information content (AvgIpc) is 3.75. The van der Waals surface area contributed by atoms with Crippen LogP contribution in [0.5, 0.6) is 0 Å². The van der Waals surface area contributed by atoms with E-state index in [9.17, 15) is 28.8 Å². The van der Waals surface area contributed by atoms with Crippen molar-refractivity contribution in [2.24, 2.45) is 5.41 Å². The first kappa shape index (κ1) is 33.7. The molecule has 0 bridgehead atoms. The lowest BCUT2D eigenvalue weighted by Gasteiger charge is -2.30. The van der Waals surface area contributed by atoms with Crippen LogP contribution in [-0.2, 0) is 4.74 Å². The van der Waals surface area contributed by atoms with Gasteiger partial charge in [0.05, 0.1) is 33.4 Å². The third-order valence-corrected chi connectivity index (χ3v) is 6.44. The molecule has 5 N–H and O–H groups in total. The van der Waals surface area contributed by atoms with Crippen molar-refractivity contribution in [3.8, 4) is 0 Å². The van der Waals surface area contributed by atoms with Crippen LogP contribution in [0.1, 0.15) is 95.8 Å². The zero-order valence-electron chi connectivity index (χ0n) is 23.4. The van der Waals surface area contributed by atoms with Crippen LogP contribution in [0, 0.1) is 5.41 Å². The number of aromatic carboxylic acids is 5. The first-order valence-electron chi connectivity index (χ1n) is 12.7. The zero-order valence-corrected chi connectivity index (χ0v) is 23.4. The van der Waals surface area contributed by atoms with E-state index < -0.39 is 29.8 Å². The molecule has 0 atom stereocenters. The van der Waals surface area contributed by atoms with Crippen LogP contribution in [0.4, 0.5) is 0 Å². The lowest BCUT2D eigenvalue weighted by atomic mass is 9.86. The molecule has 0 heterocycles. The molecule has 4 rings (SSSR count). The quantitative estimate of drug-likeness (QED) is 0.221. The molecular weight excluding hydrogens is 564 g/mol. The highest BCUT2D eigenvalue weighted by atomic mass is 16.6. The normalized spacial score (nSPS) is 12.6. The molecule has 0 unspecified atom stereocenters. The van der Waals surface area contributed by atoms with Gasteiger partial charge in [-0.3, -0.25) is 0 Å². The Morgan fingerprint density at radius 2 is 0.837 bits per heavy atom. The summed E-state index contributed by atoms with van der Waals surface area (Å²) in [5.41, 5.74) is 0.0304. The molecule has 0 aliphatic heterocycles. The fraction of sp³-hybridized carbons (Fsp3) is 0.226. The van der Waals surface area contributed by atoms with Crippen molar-refractivity contribution in [2.75, 3.05) is 0 Å². The van der Waals surface area contributed by atoms with Crippen LogP contribution in [-0.4, -0.2) is 66.9 Å². The molecule has 3 aromatic rings. The number of benzene rings is 3. The summed E-state index contributed by atoms with van der Waals surface area (Å²) in [4.78, 5) is 64.3. The number of carboxylic acid groups (broad SMARTS) is 5. The number of hydrogen-bond donors (Lipinski definition) is 5. The molecule has 1 saturated carbocycles. The molecule has 0 saturated heterocycles. The molecule has 1 aliphatic rings. The Bertz CT molecular complexity index is 1400. The Morgan fingerprint density at radius 3 is 1.09 bits per heavy atom. The van der Waals surface area contributed by atoms with Crippen molar-refractivity contribution < 1.29 is 59.0 Å². The molecule has 0 amide bonds. The highest BCUT2D eigenvalue weighted by Gasteiger charge is 2.55. The minimum absolute atomic E-state index is 0.0186. The number of hydrogen-bond acceptors (Lipinski definition) is 7. The Kier molecular flexibility index (Phi) is 10.9. The van der Waals surface area contributed by atoms with E-state index in [-0.39, 0.29) is 44.8 Å². The Hall–Kier alpha value is -5.52. The summed E-state index contributed by atoms with van der Waals surface area (Å²) in [6, 6.07) is 16.2. The molecule has 226 valence electrons. The van der Waals surface area contributed by atoms with Gasteiger partial charge in [-0.1, -0.05) is 32.9 Å². The number of rotatable bonds is 7. The standard InChI is InChI=1S/C15H18O4.2C8H6O4/c1-14(2,3)15(8-9-15)19-13(18)11-6-4-10(5-7-11)12(16)17;2*9-7(10)5-2-1-3-6(4-5)8(11)12/h4-7H,8-9H2,1-3H3,(H,16,17);2*1-4H,(H,9,10)(H,11,12). The molecule has 0 aromatic heterocycles. The number of ether oxygens (including phenoxy) is 1. The van der Waals surface area contributed by atoms with Crippen LogP contribution in [0.25, 0.3) is 0 Å². The van der Waals surface area contributed by atoms with Gasteiger partial charge in [-0.25, -0.2) is 28.8 Å². The van der Waals surface area contributed by atoms with E-state index in [0.717, 1.165) is 25.0 Å². The highest BCUT2D eigenvalue weighted by Crippen LogP contribution is 2.53. The van der Waals surface area contributed by atoms with Crippen molar-refractivity contribution in [3.05, 3.63) is 106 Å². The van der Waals surface area contributed by atoms with E-state index in [1.54, 1.807) is 0 Å². The Labute approximate surface area is 245 Å². The summed E-state index contributed by atoms with van der Waals surface area (Å²) >= 11 is 0. The second-order valence-corrected chi connectivity index (χ2v) is 10.4. The van der Waals surface area contributed by atoms with Gasteiger partial charge in [0.15, 0.2) is 0 Å². The van der Waals surface area contributed by atoms with Gasteiger partial charge >= 0.3 is 35.8 Å². The first-order chi connectivity index (χ1) is 20.0. The summed E-state index contributed by atoms with van der Waals surface area (Å²) in [6.07, 6.45) is 1.77. The van der Waals surface area contributed by atoms with Gasteiger partial charge in [-0.05, 0) is 73.5 Å². The van der Waals surface area contributed by atoms with Crippen LogP contribution in [0.3, 0.4) is 0 Å². The minimum Gasteiger partial charge on any atom is -0.478 e. The molecule has 12 nitrogen and oxygen atoms in total. The Morgan fingerprint density at radius 1 is 0.535 bits per heavy atom. The zero-order chi connectivity index (χ0) is 32.5. The number of esters is 1. The molecule has 0 spiro atoms. The third-order valence-electron chi connectivity index (χ3n) is 6.44. The summed E-state index contributed by atoms with van der Waals surface area (Å²) < 4.78 is 5.61. The lowest BCUT2D eigenvalue weighted by molar-refractivity contribution is -0.0170. The molecule has 1 fully saturated rings. The van der Waals surface area contributed by atoms with Gasteiger partial charge in [0.25, 0.3) is 0 Å². The van der Waals surface area contributed by atoms with Crippen molar-refractivity contribution in [2.45, 2.75) is 39.2 Å². The van der Waals surface area contributed by atoms with Gasteiger partial charge in [-0.15, -0.1) is 0 Å². The molecular formula is C31H30O12. The van der Waals surface area contributed by atoms with Crippen molar-refractivity contribution in [1.82, 2.24) is 0 Å². The van der Waals surface area contributed by atoms with Crippen LogP contribution >= 0.6 is 0 Å². The second kappa shape index (κ2) is 13.9. The molecule has 43 heavy (non-hydrogen) atoms. The van der Waals surface area contributed by atoms with E-state index in [0.29, 0.717) is 5.56 Å². The largest absolute Gasteiger partial charge is 0.478 e. The van der Waals surface area contributed by atoms with E-state index in [1.807, 2.05) is 0 Å².